The summed E-state index contributed by atoms with van der Waals surface area (Å²) in [6, 6.07) is -0.169. The van der Waals surface area contributed by atoms with Gasteiger partial charge in [0.15, 0.2) is 6.10 Å². The number of aliphatic carboxylic acids is 1. The zero-order valence-electron chi connectivity index (χ0n) is 9.74. The van der Waals surface area contributed by atoms with E-state index in [0.29, 0.717) is 0 Å². The van der Waals surface area contributed by atoms with Crippen LogP contribution in [0.15, 0.2) is 0 Å². The lowest BCUT2D eigenvalue weighted by molar-refractivity contribution is -0.147. The van der Waals surface area contributed by atoms with E-state index in [0.717, 1.165) is 6.42 Å². The molecular formula is C10H18N2O4. The molecule has 92 valence electrons. The molecule has 2 atom stereocenters. The smallest absolute Gasteiger partial charge is 0.334 e. The minimum absolute atomic E-state index is 0.0369. The minimum atomic E-state index is -1.09. The molecule has 1 saturated carbocycles. The van der Waals surface area contributed by atoms with Gasteiger partial charge in [0.2, 0.25) is 0 Å². The number of hydrogen-bond donors (Lipinski definition) is 3. The van der Waals surface area contributed by atoms with Crippen molar-refractivity contribution >= 4 is 12.0 Å². The van der Waals surface area contributed by atoms with Crippen LogP contribution in [0.5, 0.6) is 0 Å². The van der Waals surface area contributed by atoms with Crippen LogP contribution in [0.3, 0.4) is 0 Å². The molecule has 0 bridgehead atoms. The Kier molecular flexibility index (Phi) is 3.74. The third kappa shape index (κ3) is 3.37. The van der Waals surface area contributed by atoms with E-state index in [1.54, 1.807) is 0 Å². The fourth-order valence-corrected chi connectivity index (χ4v) is 1.38. The SMILES string of the molecule is COC(CNC(=O)NC1CC1(C)C)C(=O)O. The van der Waals surface area contributed by atoms with Crippen molar-refractivity contribution < 1.29 is 19.4 Å². The molecule has 2 amide bonds. The zero-order chi connectivity index (χ0) is 12.3. The van der Waals surface area contributed by atoms with E-state index in [1.165, 1.54) is 7.11 Å². The topological polar surface area (TPSA) is 87.7 Å². The number of methoxy groups -OCH3 is 1. The minimum Gasteiger partial charge on any atom is -0.479 e. The van der Waals surface area contributed by atoms with Gasteiger partial charge in [-0.15, -0.1) is 0 Å². The highest BCUT2D eigenvalue weighted by molar-refractivity contribution is 5.77. The number of carbonyl (C=O) groups excluding carboxylic acids is 1. The molecule has 1 fully saturated rings. The summed E-state index contributed by atoms with van der Waals surface area (Å²) in [4.78, 5) is 21.9. The van der Waals surface area contributed by atoms with Gasteiger partial charge < -0.3 is 20.5 Å². The second-order valence-corrected chi connectivity index (χ2v) is 4.66. The van der Waals surface area contributed by atoms with Gasteiger partial charge in [0.05, 0.1) is 6.54 Å². The van der Waals surface area contributed by atoms with Crippen LogP contribution in [0.1, 0.15) is 20.3 Å². The Balaban J connectivity index is 2.22. The van der Waals surface area contributed by atoms with E-state index in [4.69, 9.17) is 5.11 Å². The van der Waals surface area contributed by atoms with Gasteiger partial charge >= 0.3 is 12.0 Å². The highest BCUT2D eigenvalue weighted by atomic mass is 16.5. The highest BCUT2D eigenvalue weighted by Crippen LogP contribution is 2.44. The Hall–Kier alpha value is -1.30. The van der Waals surface area contributed by atoms with E-state index >= 15 is 0 Å². The fraction of sp³-hybridized carbons (Fsp3) is 0.800. The molecule has 1 rings (SSSR count). The molecule has 16 heavy (non-hydrogen) atoms. The van der Waals surface area contributed by atoms with Gasteiger partial charge in [0.1, 0.15) is 0 Å². The van der Waals surface area contributed by atoms with Crippen molar-refractivity contribution in [3.05, 3.63) is 0 Å². The Bertz CT molecular complexity index is 291. The van der Waals surface area contributed by atoms with Crippen molar-refractivity contribution in [2.45, 2.75) is 32.4 Å². The predicted molar refractivity (Wildman–Crippen MR) is 57.2 cm³/mol. The average molecular weight is 230 g/mol. The van der Waals surface area contributed by atoms with Gasteiger partial charge in [0, 0.05) is 13.2 Å². The third-order valence-corrected chi connectivity index (χ3v) is 2.83. The molecule has 2 unspecified atom stereocenters. The summed E-state index contributed by atoms with van der Waals surface area (Å²) in [7, 11) is 1.29. The Morgan fingerprint density at radius 3 is 2.50 bits per heavy atom. The van der Waals surface area contributed by atoms with Crippen molar-refractivity contribution in [2.24, 2.45) is 5.41 Å². The van der Waals surface area contributed by atoms with Gasteiger partial charge in [-0.3, -0.25) is 0 Å². The fourth-order valence-electron chi connectivity index (χ4n) is 1.38. The molecule has 0 aliphatic heterocycles. The second kappa shape index (κ2) is 4.69. The monoisotopic (exact) mass is 230 g/mol. The van der Waals surface area contributed by atoms with Crippen LogP contribution in [0.4, 0.5) is 4.79 Å². The maximum atomic E-state index is 11.4. The summed E-state index contributed by atoms with van der Waals surface area (Å²) in [6.45, 7) is 4.09. The molecule has 3 N–H and O–H groups in total. The Morgan fingerprint density at radius 1 is 1.56 bits per heavy atom. The maximum absolute atomic E-state index is 11.4. The number of ether oxygens (including phenoxy) is 1. The molecule has 6 nitrogen and oxygen atoms in total. The predicted octanol–water partition coefficient (Wildman–Crippen LogP) is 0.184. The molecule has 0 aromatic heterocycles. The summed E-state index contributed by atoms with van der Waals surface area (Å²) in [5.41, 5.74) is 0.158. The number of amides is 2. The van der Waals surface area contributed by atoms with E-state index < -0.39 is 12.1 Å². The summed E-state index contributed by atoms with van der Waals surface area (Å²) < 4.78 is 4.68. The molecule has 0 heterocycles. The van der Waals surface area contributed by atoms with Crippen molar-refractivity contribution in [1.82, 2.24) is 10.6 Å². The summed E-state index contributed by atoms with van der Waals surface area (Å²) >= 11 is 0. The molecule has 0 saturated heterocycles. The first kappa shape index (κ1) is 12.8. The van der Waals surface area contributed by atoms with E-state index in [9.17, 15) is 9.59 Å². The number of nitrogens with one attached hydrogen (secondary N) is 2. The highest BCUT2D eigenvalue weighted by Gasteiger charge is 2.46. The maximum Gasteiger partial charge on any atom is 0.334 e. The van der Waals surface area contributed by atoms with Gasteiger partial charge in [-0.25, -0.2) is 9.59 Å². The van der Waals surface area contributed by atoms with Crippen LogP contribution < -0.4 is 10.6 Å². The first-order valence-electron chi connectivity index (χ1n) is 5.17. The van der Waals surface area contributed by atoms with Crippen molar-refractivity contribution in [3.8, 4) is 0 Å². The standard InChI is InChI=1S/C10H18N2O4/c1-10(2)4-7(10)12-9(15)11-5-6(16-3)8(13)14/h6-7H,4-5H2,1-3H3,(H,13,14)(H2,11,12,15). The molecule has 0 radical (unpaired) electrons. The van der Waals surface area contributed by atoms with Crippen molar-refractivity contribution in [1.29, 1.82) is 0 Å². The van der Waals surface area contributed by atoms with Crippen LogP contribution in [0.2, 0.25) is 0 Å². The van der Waals surface area contributed by atoms with Gasteiger partial charge in [0.25, 0.3) is 0 Å². The quantitative estimate of drug-likeness (QED) is 0.629. The summed E-state index contributed by atoms with van der Waals surface area (Å²) in [6.07, 6.45) is -0.0504. The molecule has 0 spiro atoms. The lowest BCUT2D eigenvalue weighted by atomic mass is 10.2. The first-order chi connectivity index (χ1) is 7.36. The van der Waals surface area contributed by atoms with Gasteiger partial charge in [-0.1, -0.05) is 13.8 Å². The molecule has 0 aromatic rings. The number of urea groups is 1. The van der Waals surface area contributed by atoms with Crippen LogP contribution in [0.25, 0.3) is 0 Å². The molecule has 1 aliphatic rings. The molecule has 6 heteroatoms. The molecular weight excluding hydrogens is 212 g/mol. The lowest BCUT2D eigenvalue weighted by Crippen LogP contribution is -2.44. The first-order valence-corrected chi connectivity index (χ1v) is 5.17. The van der Waals surface area contributed by atoms with Gasteiger partial charge in [-0.2, -0.15) is 0 Å². The Morgan fingerprint density at radius 2 is 2.12 bits per heavy atom. The van der Waals surface area contributed by atoms with Crippen molar-refractivity contribution in [2.75, 3.05) is 13.7 Å². The number of carboxylic acid groups (broad SMARTS) is 1. The van der Waals surface area contributed by atoms with E-state index in [-0.39, 0.29) is 24.0 Å². The van der Waals surface area contributed by atoms with Crippen molar-refractivity contribution in [3.63, 3.8) is 0 Å². The largest absolute Gasteiger partial charge is 0.479 e. The van der Waals surface area contributed by atoms with Crippen LogP contribution in [-0.2, 0) is 9.53 Å². The summed E-state index contributed by atoms with van der Waals surface area (Å²) in [5, 5.41) is 13.9. The number of hydrogen-bond acceptors (Lipinski definition) is 3. The van der Waals surface area contributed by atoms with Gasteiger partial charge in [-0.05, 0) is 11.8 Å². The number of carbonyl (C=O) groups is 2. The lowest BCUT2D eigenvalue weighted by Gasteiger charge is -2.12. The van der Waals surface area contributed by atoms with Crippen LogP contribution in [0, 0.1) is 5.41 Å². The second-order valence-electron chi connectivity index (χ2n) is 4.66. The number of carboxylic acids is 1. The van der Waals surface area contributed by atoms with Crippen LogP contribution in [-0.4, -0.2) is 42.9 Å². The molecule has 1 aliphatic carbocycles. The average Bonchev–Trinajstić information content (AvgIpc) is 2.73. The van der Waals surface area contributed by atoms with E-state index in [1.807, 2.05) is 0 Å². The van der Waals surface area contributed by atoms with Crippen LogP contribution >= 0.6 is 0 Å². The zero-order valence-corrected chi connectivity index (χ0v) is 9.74. The number of rotatable bonds is 5. The van der Waals surface area contributed by atoms with E-state index in [2.05, 4.69) is 29.2 Å². The summed E-state index contributed by atoms with van der Waals surface area (Å²) in [5.74, 6) is -1.09. The molecule has 0 aromatic carbocycles. The Labute approximate surface area is 94.3 Å². The normalized spacial score (nSPS) is 23.3. The third-order valence-electron chi connectivity index (χ3n) is 2.83.